The molecule has 0 heterocycles. The average Bonchev–Trinajstić information content (AvgIpc) is 2.49. The maximum atomic E-state index is 13.1. The molecule has 0 aliphatic rings. The summed E-state index contributed by atoms with van der Waals surface area (Å²) < 4.78 is 13.1. The first-order chi connectivity index (χ1) is 11.0. The number of carbonyl (C=O) groups excluding carboxylic acids is 1. The molecule has 3 nitrogen and oxygen atoms in total. The van der Waals surface area contributed by atoms with E-state index in [2.05, 4.69) is 24.4 Å². The topological polar surface area (TPSA) is 32.3 Å². The molecule has 0 aliphatic carbocycles. The van der Waals surface area contributed by atoms with E-state index in [1.165, 1.54) is 23.3 Å². The van der Waals surface area contributed by atoms with Crippen LogP contribution in [0.5, 0.6) is 0 Å². The van der Waals surface area contributed by atoms with Gasteiger partial charge in [0, 0.05) is 13.1 Å². The summed E-state index contributed by atoms with van der Waals surface area (Å²) in [7, 11) is 1.85. The zero-order valence-electron chi connectivity index (χ0n) is 13.7. The van der Waals surface area contributed by atoms with E-state index in [-0.39, 0.29) is 11.7 Å². The molecule has 122 valence electrons. The van der Waals surface area contributed by atoms with Crippen LogP contribution in [0, 0.1) is 12.7 Å². The number of aryl methyl sites for hydroxylation is 1. The molecule has 4 heteroatoms. The zero-order chi connectivity index (χ0) is 16.7. The monoisotopic (exact) mass is 314 g/mol. The number of halogens is 1. The summed E-state index contributed by atoms with van der Waals surface area (Å²) in [6.07, 6.45) is 0.825. The summed E-state index contributed by atoms with van der Waals surface area (Å²) in [5.41, 5.74) is 3.35. The molecule has 0 unspecified atom stereocenters. The minimum Gasteiger partial charge on any atom is -0.355 e. The second kappa shape index (κ2) is 8.44. The standard InChI is InChI=1S/C19H23FN2O/c1-15-6-3-4-8-17(15)10-11-21-19(23)14-22(2)13-16-7-5-9-18(20)12-16/h3-9,12H,10-11,13-14H2,1-2H3,(H,21,23). The lowest BCUT2D eigenvalue weighted by molar-refractivity contribution is -0.122. The van der Waals surface area contributed by atoms with E-state index in [0.717, 1.165) is 12.0 Å². The van der Waals surface area contributed by atoms with Gasteiger partial charge in [-0.2, -0.15) is 0 Å². The van der Waals surface area contributed by atoms with Crippen LogP contribution in [0.15, 0.2) is 48.5 Å². The smallest absolute Gasteiger partial charge is 0.234 e. The van der Waals surface area contributed by atoms with Crippen molar-refractivity contribution in [1.29, 1.82) is 0 Å². The third-order valence-corrected chi connectivity index (χ3v) is 3.73. The minimum absolute atomic E-state index is 0.0162. The number of nitrogens with one attached hydrogen (secondary N) is 1. The minimum atomic E-state index is -0.251. The summed E-state index contributed by atoms with van der Waals surface area (Å²) in [6, 6.07) is 14.6. The van der Waals surface area contributed by atoms with E-state index in [9.17, 15) is 9.18 Å². The van der Waals surface area contributed by atoms with E-state index in [1.54, 1.807) is 6.07 Å². The largest absolute Gasteiger partial charge is 0.355 e. The van der Waals surface area contributed by atoms with Crippen molar-refractivity contribution in [3.05, 3.63) is 71.0 Å². The Morgan fingerprint density at radius 2 is 1.96 bits per heavy atom. The molecule has 0 atom stereocenters. The second-order valence-electron chi connectivity index (χ2n) is 5.83. The summed E-state index contributed by atoms with van der Waals surface area (Å²) in [5, 5.41) is 2.93. The summed E-state index contributed by atoms with van der Waals surface area (Å²) in [4.78, 5) is 13.8. The molecule has 0 spiro atoms. The van der Waals surface area contributed by atoms with Gasteiger partial charge in [0.1, 0.15) is 5.82 Å². The van der Waals surface area contributed by atoms with Crippen molar-refractivity contribution in [2.24, 2.45) is 0 Å². The van der Waals surface area contributed by atoms with E-state index >= 15 is 0 Å². The molecular formula is C19H23FN2O. The predicted molar refractivity (Wildman–Crippen MR) is 90.6 cm³/mol. The third kappa shape index (κ3) is 5.83. The Labute approximate surface area is 137 Å². The number of benzene rings is 2. The normalized spacial score (nSPS) is 10.8. The number of nitrogens with zero attached hydrogens (tertiary/aromatic N) is 1. The van der Waals surface area contributed by atoms with Crippen LogP contribution < -0.4 is 5.32 Å². The van der Waals surface area contributed by atoms with Crippen LogP contribution in [0.1, 0.15) is 16.7 Å². The summed E-state index contributed by atoms with van der Waals surface area (Å²) >= 11 is 0. The van der Waals surface area contributed by atoms with Crippen molar-refractivity contribution in [2.45, 2.75) is 19.9 Å². The van der Waals surface area contributed by atoms with Gasteiger partial charge in [-0.25, -0.2) is 4.39 Å². The maximum absolute atomic E-state index is 13.1. The van der Waals surface area contributed by atoms with E-state index in [4.69, 9.17) is 0 Å². The molecule has 0 radical (unpaired) electrons. The number of likely N-dealkylation sites (N-methyl/N-ethyl adjacent to an activating group) is 1. The molecule has 2 rings (SSSR count). The van der Waals surface area contributed by atoms with Crippen molar-refractivity contribution in [3.63, 3.8) is 0 Å². The van der Waals surface area contributed by atoms with Gasteiger partial charge in [-0.05, 0) is 49.2 Å². The zero-order valence-corrected chi connectivity index (χ0v) is 13.7. The maximum Gasteiger partial charge on any atom is 0.234 e. The molecule has 1 N–H and O–H groups in total. The fourth-order valence-electron chi connectivity index (χ4n) is 2.53. The van der Waals surface area contributed by atoms with Crippen LogP contribution in [-0.2, 0) is 17.8 Å². The lowest BCUT2D eigenvalue weighted by Crippen LogP contribution is -2.35. The lowest BCUT2D eigenvalue weighted by Gasteiger charge is -2.16. The molecule has 0 bridgehead atoms. The number of hydrogen-bond acceptors (Lipinski definition) is 2. The molecule has 0 aromatic heterocycles. The van der Waals surface area contributed by atoms with Gasteiger partial charge >= 0.3 is 0 Å². The predicted octanol–water partition coefficient (Wildman–Crippen LogP) is 2.92. The van der Waals surface area contributed by atoms with Crippen molar-refractivity contribution in [1.82, 2.24) is 10.2 Å². The molecular weight excluding hydrogens is 291 g/mol. The van der Waals surface area contributed by atoms with E-state index < -0.39 is 0 Å². The van der Waals surface area contributed by atoms with Crippen LogP contribution in [0.25, 0.3) is 0 Å². The fourth-order valence-corrected chi connectivity index (χ4v) is 2.53. The highest BCUT2D eigenvalue weighted by molar-refractivity contribution is 5.77. The van der Waals surface area contributed by atoms with Crippen molar-refractivity contribution < 1.29 is 9.18 Å². The first-order valence-corrected chi connectivity index (χ1v) is 7.79. The first kappa shape index (κ1) is 17.2. The second-order valence-corrected chi connectivity index (χ2v) is 5.83. The van der Waals surface area contributed by atoms with E-state index in [0.29, 0.717) is 19.6 Å². The highest BCUT2D eigenvalue weighted by Crippen LogP contribution is 2.07. The average molecular weight is 314 g/mol. The molecule has 0 fully saturated rings. The van der Waals surface area contributed by atoms with Gasteiger partial charge in [0.05, 0.1) is 6.54 Å². The molecule has 2 aromatic carbocycles. The third-order valence-electron chi connectivity index (χ3n) is 3.73. The first-order valence-electron chi connectivity index (χ1n) is 7.79. The van der Waals surface area contributed by atoms with Gasteiger partial charge < -0.3 is 5.32 Å². The van der Waals surface area contributed by atoms with Crippen LogP contribution in [-0.4, -0.2) is 30.9 Å². The van der Waals surface area contributed by atoms with Gasteiger partial charge in [-0.1, -0.05) is 36.4 Å². The van der Waals surface area contributed by atoms with Gasteiger partial charge in [0.15, 0.2) is 0 Å². The Morgan fingerprint density at radius 3 is 2.70 bits per heavy atom. The Hall–Kier alpha value is -2.20. The fraction of sp³-hybridized carbons (Fsp3) is 0.316. The van der Waals surface area contributed by atoms with Crippen molar-refractivity contribution in [3.8, 4) is 0 Å². The Bertz CT molecular complexity index is 657. The lowest BCUT2D eigenvalue weighted by atomic mass is 10.1. The van der Waals surface area contributed by atoms with Crippen LogP contribution >= 0.6 is 0 Å². The molecule has 23 heavy (non-hydrogen) atoms. The Kier molecular flexibility index (Phi) is 6.29. The van der Waals surface area contributed by atoms with Crippen LogP contribution in [0.2, 0.25) is 0 Å². The van der Waals surface area contributed by atoms with Crippen LogP contribution in [0.4, 0.5) is 4.39 Å². The number of carbonyl (C=O) groups is 1. The molecule has 0 aliphatic heterocycles. The number of amides is 1. The molecule has 2 aromatic rings. The van der Waals surface area contributed by atoms with Crippen molar-refractivity contribution >= 4 is 5.91 Å². The summed E-state index contributed by atoms with van der Waals surface area (Å²) in [5.74, 6) is -0.268. The molecule has 0 saturated carbocycles. The van der Waals surface area contributed by atoms with Gasteiger partial charge in [0.2, 0.25) is 5.91 Å². The quantitative estimate of drug-likeness (QED) is 0.852. The Morgan fingerprint density at radius 1 is 1.17 bits per heavy atom. The molecule has 1 amide bonds. The van der Waals surface area contributed by atoms with Crippen molar-refractivity contribution in [2.75, 3.05) is 20.1 Å². The van der Waals surface area contributed by atoms with Gasteiger partial charge in [0.25, 0.3) is 0 Å². The Balaban J connectivity index is 1.73. The SMILES string of the molecule is Cc1ccccc1CCNC(=O)CN(C)Cc1cccc(F)c1. The van der Waals surface area contributed by atoms with Crippen LogP contribution in [0.3, 0.4) is 0 Å². The molecule has 0 saturated heterocycles. The highest BCUT2D eigenvalue weighted by Gasteiger charge is 2.07. The number of hydrogen-bond donors (Lipinski definition) is 1. The van der Waals surface area contributed by atoms with Gasteiger partial charge in [-0.3, -0.25) is 9.69 Å². The highest BCUT2D eigenvalue weighted by atomic mass is 19.1. The summed E-state index contributed by atoms with van der Waals surface area (Å²) in [6.45, 7) is 3.54. The van der Waals surface area contributed by atoms with E-state index in [1.807, 2.05) is 30.1 Å². The number of rotatable bonds is 7. The van der Waals surface area contributed by atoms with Gasteiger partial charge in [-0.15, -0.1) is 0 Å².